The summed E-state index contributed by atoms with van der Waals surface area (Å²) < 4.78 is 0. The third kappa shape index (κ3) is 3.36. The van der Waals surface area contributed by atoms with E-state index in [4.69, 9.17) is 0 Å². The standard InChI is InChI=1S/C26H29N3O2/c1-16-8-10-17(11-9-16)24-20-6-4-5-7-21(20)25(31)29(28-24)27-23(30)14-18-12-13-19-15-22(18)26(19,2)3/h4-11,18-19,22H,12-15H2,1-3H3,(H,27,30)/t18-,19-,22-/m0/s1. The number of rotatable bonds is 4. The molecule has 6 rings (SSSR count). The van der Waals surface area contributed by atoms with Crippen LogP contribution < -0.4 is 11.0 Å². The monoisotopic (exact) mass is 415 g/mol. The van der Waals surface area contributed by atoms with Gasteiger partial charge in [0.05, 0.1) is 5.39 Å². The van der Waals surface area contributed by atoms with Crippen molar-refractivity contribution in [2.24, 2.45) is 23.2 Å². The first kappa shape index (κ1) is 20.0. The molecule has 3 saturated carbocycles. The van der Waals surface area contributed by atoms with Crippen molar-refractivity contribution in [2.45, 2.75) is 46.5 Å². The third-order valence-electron chi connectivity index (χ3n) is 7.81. The Labute approximate surface area is 182 Å². The number of fused-ring (bicyclic) bond motifs is 3. The largest absolute Gasteiger partial charge is 0.294 e. The zero-order valence-electron chi connectivity index (χ0n) is 18.4. The lowest BCUT2D eigenvalue weighted by molar-refractivity contribution is -0.129. The molecule has 1 aromatic heterocycles. The summed E-state index contributed by atoms with van der Waals surface area (Å²) in [6.45, 7) is 6.70. The molecule has 160 valence electrons. The number of carbonyl (C=O) groups excluding carboxylic acids is 1. The lowest BCUT2D eigenvalue weighted by Gasteiger charge is -2.60. The van der Waals surface area contributed by atoms with E-state index in [0.717, 1.165) is 33.6 Å². The second kappa shape index (κ2) is 7.33. The minimum absolute atomic E-state index is 0.133. The molecule has 3 aromatic rings. The molecule has 1 N–H and O–H groups in total. The topological polar surface area (TPSA) is 64.0 Å². The van der Waals surface area contributed by atoms with Crippen LogP contribution in [-0.4, -0.2) is 15.8 Å². The molecule has 3 fully saturated rings. The highest BCUT2D eigenvalue weighted by Crippen LogP contribution is 2.61. The van der Waals surface area contributed by atoms with Gasteiger partial charge in [-0.3, -0.25) is 9.59 Å². The van der Waals surface area contributed by atoms with E-state index in [0.29, 0.717) is 34.8 Å². The van der Waals surface area contributed by atoms with Crippen LogP contribution >= 0.6 is 0 Å². The van der Waals surface area contributed by atoms with Crippen LogP contribution in [0.4, 0.5) is 0 Å². The van der Waals surface area contributed by atoms with Crippen molar-refractivity contribution < 1.29 is 4.79 Å². The zero-order valence-corrected chi connectivity index (χ0v) is 18.4. The molecule has 0 aliphatic heterocycles. The van der Waals surface area contributed by atoms with Gasteiger partial charge in [-0.1, -0.05) is 61.9 Å². The molecule has 0 unspecified atom stereocenters. The molecule has 1 amide bonds. The molecule has 3 atom stereocenters. The van der Waals surface area contributed by atoms with Crippen molar-refractivity contribution in [3.63, 3.8) is 0 Å². The Hall–Kier alpha value is -2.95. The van der Waals surface area contributed by atoms with Gasteiger partial charge in [-0.05, 0) is 55.4 Å². The number of carbonyl (C=O) groups is 1. The summed E-state index contributed by atoms with van der Waals surface area (Å²) in [6, 6.07) is 15.5. The van der Waals surface area contributed by atoms with Crippen LogP contribution in [-0.2, 0) is 4.79 Å². The molecule has 0 saturated heterocycles. The van der Waals surface area contributed by atoms with Crippen molar-refractivity contribution in [1.82, 2.24) is 9.89 Å². The maximum atomic E-state index is 13.1. The van der Waals surface area contributed by atoms with Crippen LogP contribution in [0.25, 0.3) is 22.0 Å². The van der Waals surface area contributed by atoms with Crippen molar-refractivity contribution in [1.29, 1.82) is 0 Å². The molecule has 0 spiro atoms. The van der Waals surface area contributed by atoms with Gasteiger partial charge in [-0.2, -0.15) is 0 Å². The molecule has 2 bridgehead atoms. The van der Waals surface area contributed by atoms with Gasteiger partial charge in [-0.25, -0.2) is 5.43 Å². The molecule has 5 nitrogen and oxygen atoms in total. The number of hydrogen-bond acceptors (Lipinski definition) is 3. The van der Waals surface area contributed by atoms with Crippen molar-refractivity contribution in [2.75, 3.05) is 5.43 Å². The van der Waals surface area contributed by atoms with E-state index in [-0.39, 0.29) is 11.5 Å². The highest BCUT2D eigenvalue weighted by Gasteiger charge is 2.54. The summed E-state index contributed by atoms with van der Waals surface area (Å²) in [5, 5.41) is 5.90. The third-order valence-corrected chi connectivity index (χ3v) is 7.81. The summed E-state index contributed by atoms with van der Waals surface area (Å²) in [5.41, 5.74) is 5.59. The zero-order chi connectivity index (χ0) is 21.8. The van der Waals surface area contributed by atoms with Gasteiger partial charge >= 0.3 is 0 Å². The van der Waals surface area contributed by atoms with E-state index in [2.05, 4.69) is 24.4 Å². The Morgan fingerprint density at radius 3 is 2.48 bits per heavy atom. The van der Waals surface area contributed by atoms with Gasteiger partial charge in [0.15, 0.2) is 0 Å². The molecule has 5 heteroatoms. The van der Waals surface area contributed by atoms with Gasteiger partial charge < -0.3 is 0 Å². The van der Waals surface area contributed by atoms with E-state index in [1.807, 2.05) is 49.4 Å². The lowest BCUT2D eigenvalue weighted by atomic mass is 9.45. The fraction of sp³-hybridized carbons (Fsp3) is 0.423. The Kier molecular flexibility index (Phi) is 4.72. The van der Waals surface area contributed by atoms with E-state index in [9.17, 15) is 9.59 Å². The van der Waals surface area contributed by atoms with Crippen molar-refractivity contribution in [3.05, 3.63) is 64.4 Å². The van der Waals surface area contributed by atoms with E-state index < -0.39 is 0 Å². The Bertz CT molecular complexity index is 1210. The van der Waals surface area contributed by atoms with Gasteiger partial charge in [0.1, 0.15) is 5.69 Å². The minimum atomic E-state index is -0.299. The number of aryl methyl sites for hydroxylation is 1. The van der Waals surface area contributed by atoms with E-state index >= 15 is 0 Å². The van der Waals surface area contributed by atoms with E-state index in [1.165, 1.54) is 12.8 Å². The summed E-state index contributed by atoms with van der Waals surface area (Å²) in [5.74, 6) is 1.65. The van der Waals surface area contributed by atoms with Gasteiger partial charge in [0.2, 0.25) is 5.91 Å². The molecule has 1 heterocycles. The average molecular weight is 416 g/mol. The molecule has 3 aliphatic rings. The second-order valence-corrected chi connectivity index (χ2v) is 9.91. The summed E-state index contributed by atoms with van der Waals surface area (Å²) in [4.78, 5) is 27.1. The number of hydrogen-bond donors (Lipinski definition) is 1. The Morgan fingerprint density at radius 1 is 1.10 bits per heavy atom. The predicted octanol–water partition coefficient (Wildman–Crippen LogP) is 4.90. The quantitative estimate of drug-likeness (QED) is 0.659. The summed E-state index contributed by atoms with van der Waals surface area (Å²) in [7, 11) is 0. The number of aromatic nitrogens is 2. The van der Waals surface area contributed by atoms with Crippen LogP contribution in [0.1, 0.15) is 45.1 Å². The first-order valence-electron chi connectivity index (χ1n) is 11.2. The van der Waals surface area contributed by atoms with Crippen LogP contribution in [0, 0.1) is 30.1 Å². The van der Waals surface area contributed by atoms with Crippen molar-refractivity contribution >= 4 is 16.7 Å². The van der Waals surface area contributed by atoms with Crippen LogP contribution in [0.5, 0.6) is 0 Å². The normalized spacial score (nSPS) is 23.9. The number of benzene rings is 2. The number of nitrogens with one attached hydrogen (secondary N) is 1. The smallest absolute Gasteiger partial charge is 0.273 e. The first-order valence-corrected chi connectivity index (χ1v) is 11.2. The van der Waals surface area contributed by atoms with Gasteiger partial charge in [-0.15, -0.1) is 9.89 Å². The highest BCUT2D eigenvalue weighted by atomic mass is 16.2. The first-order chi connectivity index (χ1) is 14.8. The Morgan fingerprint density at radius 2 is 1.81 bits per heavy atom. The van der Waals surface area contributed by atoms with Crippen LogP contribution in [0.15, 0.2) is 53.3 Å². The van der Waals surface area contributed by atoms with Crippen LogP contribution in [0.3, 0.4) is 0 Å². The summed E-state index contributed by atoms with van der Waals surface area (Å²) in [6.07, 6.45) is 3.98. The number of nitrogens with zero attached hydrogens (tertiary/aromatic N) is 2. The Balaban J connectivity index is 1.46. The van der Waals surface area contributed by atoms with E-state index in [1.54, 1.807) is 6.07 Å². The molecular weight excluding hydrogens is 386 g/mol. The fourth-order valence-corrected chi connectivity index (χ4v) is 5.80. The molecule has 0 radical (unpaired) electrons. The highest BCUT2D eigenvalue weighted by molar-refractivity contribution is 5.94. The average Bonchev–Trinajstić information content (AvgIpc) is 2.76. The SMILES string of the molecule is Cc1ccc(-c2nn(NC(=O)C[C@@H]3CC[C@H]4C[C@@H]3C4(C)C)c(=O)c3ccccc23)cc1. The molecule has 3 aliphatic carbocycles. The fourth-order valence-electron chi connectivity index (χ4n) is 5.80. The predicted molar refractivity (Wildman–Crippen MR) is 123 cm³/mol. The minimum Gasteiger partial charge on any atom is -0.273 e. The number of amides is 1. The van der Waals surface area contributed by atoms with Crippen molar-refractivity contribution in [3.8, 4) is 11.3 Å². The van der Waals surface area contributed by atoms with Crippen LogP contribution in [0.2, 0.25) is 0 Å². The van der Waals surface area contributed by atoms with Gasteiger partial charge in [0, 0.05) is 17.4 Å². The molecule has 2 aromatic carbocycles. The lowest BCUT2D eigenvalue weighted by Crippen LogP contribution is -2.53. The maximum absolute atomic E-state index is 13.1. The molecular formula is C26H29N3O2. The summed E-state index contributed by atoms with van der Waals surface area (Å²) >= 11 is 0. The maximum Gasteiger partial charge on any atom is 0.294 e. The second-order valence-electron chi connectivity index (χ2n) is 9.91. The van der Waals surface area contributed by atoms with Gasteiger partial charge in [0.25, 0.3) is 5.56 Å². The molecule has 31 heavy (non-hydrogen) atoms.